The van der Waals surface area contributed by atoms with Gasteiger partial charge in [-0.25, -0.2) is 0 Å². The quantitative estimate of drug-likeness (QED) is 0.744. The highest BCUT2D eigenvalue weighted by Crippen LogP contribution is 2.37. The summed E-state index contributed by atoms with van der Waals surface area (Å²) in [5.74, 6) is 1.17. The second kappa shape index (κ2) is 3.52. The van der Waals surface area contributed by atoms with Gasteiger partial charge in [0.2, 0.25) is 0 Å². The fourth-order valence-corrected chi connectivity index (χ4v) is 1.85. The van der Waals surface area contributed by atoms with Crippen molar-refractivity contribution >= 4 is 0 Å². The summed E-state index contributed by atoms with van der Waals surface area (Å²) in [6.45, 7) is 8.20. The summed E-state index contributed by atoms with van der Waals surface area (Å²) < 4.78 is 5.22. The van der Waals surface area contributed by atoms with E-state index in [2.05, 4.69) is 20.8 Å². The molecule has 1 aromatic rings. The Hall–Kier alpha value is -1.18. The minimum Gasteiger partial charge on any atom is -0.508 e. The van der Waals surface area contributed by atoms with E-state index in [-0.39, 0.29) is 5.41 Å². The maximum Gasteiger partial charge on any atom is 0.122 e. The molecule has 1 aromatic carbocycles. The lowest BCUT2D eigenvalue weighted by molar-refractivity contribution is 0.401. The molecular formula is C12H18O2. The summed E-state index contributed by atoms with van der Waals surface area (Å²) in [7, 11) is 1.64. The number of hydrogen-bond acceptors (Lipinski definition) is 2. The summed E-state index contributed by atoms with van der Waals surface area (Å²) in [5.41, 5.74) is 1.90. The van der Waals surface area contributed by atoms with E-state index in [0.29, 0.717) is 5.75 Å². The zero-order valence-corrected chi connectivity index (χ0v) is 9.51. The Morgan fingerprint density at radius 2 is 1.79 bits per heavy atom. The van der Waals surface area contributed by atoms with E-state index >= 15 is 0 Å². The van der Waals surface area contributed by atoms with Crippen LogP contribution in [0.2, 0.25) is 0 Å². The third kappa shape index (κ3) is 1.84. The molecule has 0 fully saturated rings. The molecule has 0 saturated heterocycles. The molecule has 0 spiro atoms. The van der Waals surface area contributed by atoms with Gasteiger partial charge < -0.3 is 9.84 Å². The van der Waals surface area contributed by atoms with E-state index in [4.69, 9.17) is 4.74 Å². The molecule has 0 aliphatic carbocycles. The molecule has 2 nitrogen and oxygen atoms in total. The van der Waals surface area contributed by atoms with Crippen LogP contribution in [0.1, 0.15) is 31.9 Å². The molecule has 0 unspecified atom stereocenters. The highest BCUT2D eigenvalue weighted by atomic mass is 16.5. The van der Waals surface area contributed by atoms with Crippen molar-refractivity contribution in [3.05, 3.63) is 23.3 Å². The van der Waals surface area contributed by atoms with E-state index in [9.17, 15) is 5.11 Å². The van der Waals surface area contributed by atoms with Crippen molar-refractivity contribution in [3.63, 3.8) is 0 Å². The lowest BCUT2D eigenvalue weighted by atomic mass is 9.83. The zero-order valence-electron chi connectivity index (χ0n) is 9.51. The van der Waals surface area contributed by atoms with Crippen LogP contribution in [0.3, 0.4) is 0 Å². The van der Waals surface area contributed by atoms with Gasteiger partial charge in [-0.05, 0) is 30.0 Å². The highest BCUT2D eigenvalue weighted by Gasteiger charge is 2.22. The molecule has 1 N–H and O–H groups in total. The first kappa shape index (κ1) is 10.9. The van der Waals surface area contributed by atoms with Gasteiger partial charge in [-0.3, -0.25) is 0 Å². The number of aromatic hydroxyl groups is 1. The topological polar surface area (TPSA) is 29.5 Å². The van der Waals surface area contributed by atoms with Crippen molar-refractivity contribution in [3.8, 4) is 11.5 Å². The molecule has 0 heterocycles. The molecular weight excluding hydrogens is 176 g/mol. The maximum absolute atomic E-state index is 9.79. The van der Waals surface area contributed by atoms with E-state index in [1.165, 1.54) is 0 Å². The van der Waals surface area contributed by atoms with Crippen LogP contribution >= 0.6 is 0 Å². The van der Waals surface area contributed by atoms with Gasteiger partial charge in [0.1, 0.15) is 11.5 Å². The minimum absolute atomic E-state index is 0.0668. The van der Waals surface area contributed by atoms with Gasteiger partial charge >= 0.3 is 0 Å². The smallest absolute Gasteiger partial charge is 0.122 e. The number of benzene rings is 1. The third-order valence-corrected chi connectivity index (χ3v) is 2.36. The summed E-state index contributed by atoms with van der Waals surface area (Å²) in [5, 5.41) is 9.79. The van der Waals surface area contributed by atoms with Gasteiger partial charge in [-0.1, -0.05) is 20.8 Å². The van der Waals surface area contributed by atoms with Crippen LogP contribution in [-0.4, -0.2) is 12.2 Å². The molecule has 0 aliphatic rings. The number of rotatable bonds is 1. The van der Waals surface area contributed by atoms with Gasteiger partial charge in [0.15, 0.2) is 0 Å². The van der Waals surface area contributed by atoms with Crippen LogP contribution in [-0.2, 0) is 5.41 Å². The predicted octanol–water partition coefficient (Wildman–Crippen LogP) is 3.01. The largest absolute Gasteiger partial charge is 0.508 e. The monoisotopic (exact) mass is 194 g/mol. The lowest BCUT2D eigenvalue weighted by Crippen LogP contribution is -2.13. The Morgan fingerprint density at radius 1 is 1.21 bits per heavy atom. The van der Waals surface area contributed by atoms with Gasteiger partial charge in [-0.2, -0.15) is 0 Å². The Balaban J connectivity index is 3.40. The van der Waals surface area contributed by atoms with E-state index in [1.54, 1.807) is 19.2 Å². The molecule has 2 heteroatoms. The molecule has 0 aromatic heterocycles. The molecule has 0 radical (unpaired) electrons. The summed E-state index contributed by atoms with van der Waals surface area (Å²) in [4.78, 5) is 0. The van der Waals surface area contributed by atoms with E-state index in [1.807, 2.05) is 6.92 Å². The molecule has 0 atom stereocenters. The zero-order chi connectivity index (χ0) is 10.9. The molecule has 0 aliphatic heterocycles. The van der Waals surface area contributed by atoms with Crippen LogP contribution in [0.25, 0.3) is 0 Å². The van der Waals surface area contributed by atoms with Gasteiger partial charge in [0.05, 0.1) is 7.11 Å². The molecule has 1 rings (SSSR count). The first-order valence-corrected chi connectivity index (χ1v) is 4.75. The number of ether oxygens (including phenoxy) is 1. The summed E-state index contributed by atoms with van der Waals surface area (Å²) in [6.07, 6.45) is 0. The van der Waals surface area contributed by atoms with Crippen molar-refractivity contribution in [1.29, 1.82) is 0 Å². The Labute approximate surface area is 85.5 Å². The van der Waals surface area contributed by atoms with E-state index in [0.717, 1.165) is 16.9 Å². The molecule has 0 amide bonds. The lowest BCUT2D eigenvalue weighted by Gasteiger charge is -2.24. The number of hydrogen-bond donors (Lipinski definition) is 1. The number of methoxy groups -OCH3 is 1. The highest BCUT2D eigenvalue weighted by molar-refractivity contribution is 5.50. The van der Waals surface area contributed by atoms with Crippen molar-refractivity contribution in [2.75, 3.05) is 7.11 Å². The maximum atomic E-state index is 9.79. The fourth-order valence-electron chi connectivity index (χ4n) is 1.85. The SMILES string of the molecule is COc1ccc(O)c(C(C)(C)C)c1C. The number of phenolic OH excluding ortho intramolecular Hbond substituents is 1. The Morgan fingerprint density at radius 3 is 2.21 bits per heavy atom. The third-order valence-electron chi connectivity index (χ3n) is 2.36. The molecule has 78 valence electrons. The molecule has 14 heavy (non-hydrogen) atoms. The standard InChI is InChI=1S/C12H18O2/c1-8-10(14-5)7-6-9(13)11(8)12(2,3)4/h6-7,13H,1-5H3. The average molecular weight is 194 g/mol. The van der Waals surface area contributed by atoms with Crippen LogP contribution < -0.4 is 4.74 Å². The summed E-state index contributed by atoms with van der Waals surface area (Å²) in [6, 6.07) is 3.48. The van der Waals surface area contributed by atoms with Crippen molar-refractivity contribution in [2.24, 2.45) is 0 Å². The Kier molecular flexibility index (Phi) is 2.74. The second-order valence-corrected chi connectivity index (χ2v) is 4.54. The number of phenols is 1. The molecule has 0 bridgehead atoms. The summed E-state index contributed by atoms with van der Waals surface area (Å²) >= 11 is 0. The van der Waals surface area contributed by atoms with Crippen molar-refractivity contribution in [1.82, 2.24) is 0 Å². The first-order chi connectivity index (χ1) is 6.38. The molecule has 0 saturated carbocycles. The second-order valence-electron chi connectivity index (χ2n) is 4.54. The predicted molar refractivity (Wildman–Crippen MR) is 58.1 cm³/mol. The van der Waals surface area contributed by atoms with Gasteiger partial charge in [0.25, 0.3) is 0 Å². The minimum atomic E-state index is -0.0668. The van der Waals surface area contributed by atoms with Crippen molar-refractivity contribution < 1.29 is 9.84 Å². The van der Waals surface area contributed by atoms with Crippen LogP contribution in [0.4, 0.5) is 0 Å². The normalized spacial score (nSPS) is 11.5. The van der Waals surface area contributed by atoms with Crippen LogP contribution in [0.15, 0.2) is 12.1 Å². The van der Waals surface area contributed by atoms with E-state index < -0.39 is 0 Å². The van der Waals surface area contributed by atoms with Crippen LogP contribution in [0, 0.1) is 6.92 Å². The fraction of sp³-hybridized carbons (Fsp3) is 0.500. The van der Waals surface area contributed by atoms with Crippen LogP contribution in [0.5, 0.6) is 11.5 Å². The Bertz CT molecular complexity index is 335. The average Bonchev–Trinajstić information content (AvgIpc) is 2.02. The van der Waals surface area contributed by atoms with Gasteiger partial charge in [0, 0.05) is 5.56 Å². The van der Waals surface area contributed by atoms with Crippen molar-refractivity contribution in [2.45, 2.75) is 33.1 Å². The van der Waals surface area contributed by atoms with Gasteiger partial charge in [-0.15, -0.1) is 0 Å². The first-order valence-electron chi connectivity index (χ1n) is 4.75.